The maximum Gasteiger partial charge on any atom is 0.101 e. The van der Waals surface area contributed by atoms with E-state index < -0.39 is 6.10 Å². The van der Waals surface area contributed by atoms with Crippen molar-refractivity contribution in [2.75, 3.05) is 0 Å². The summed E-state index contributed by atoms with van der Waals surface area (Å²) < 4.78 is 3.74. The maximum absolute atomic E-state index is 10.3. The molecule has 0 amide bonds. The molecule has 1 unspecified atom stereocenters. The van der Waals surface area contributed by atoms with Crippen LogP contribution < -0.4 is 0 Å². The van der Waals surface area contributed by atoms with E-state index in [2.05, 4.69) is 24.0 Å². The fraction of sp³-hybridized carbons (Fsp3) is 0.600. The molecule has 5 nitrogen and oxygen atoms in total. The fourth-order valence-corrected chi connectivity index (χ4v) is 2.60. The average molecular weight is 276 g/mol. The van der Waals surface area contributed by atoms with Gasteiger partial charge in [0.2, 0.25) is 0 Å². The second kappa shape index (κ2) is 6.22. The van der Waals surface area contributed by atoms with Crippen molar-refractivity contribution in [2.45, 2.75) is 52.2 Å². The van der Waals surface area contributed by atoms with Crippen LogP contribution in [0, 0.1) is 6.92 Å². The van der Waals surface area contributed by atoms with Crippen LogP contribution in [0.2, 0.25) is 0 Å². The summed E-state index contributed by atoms with van der Waals surface area (Å²) in [6, 6.07) is 4.35. The van der Waals surface area contributed by atoms with Gasteiger partial charge in [0.25, 0.3) is 0 Å². The molecule has 0 fully saturated rings. The van der Waals surface area contributed by atoms with E-state index >= 15 is 0 Å². The number of aliphatic hydroxyl groups is 1. The second-order valence-corrected chi connectivity index (χ2v) is 5.31. The largest absolute Gasteiger partial charge is 0.386 e. The quantitative estimate of drug-likeness (QED) is 0.882. The molecule has 1 N–H and O–H groups in total. The lowest BCUT2D eigenvalue weighted by atomic mass is 10.1. The van der Waals surface area contributed by atoms with Crippen molar-refractivity contribution in [2.24, 2.45) is 7.05 Å². The van der Waals surface area contributed by atoms with Crippen LogP contribution in [0.3, 0.4) is 0 Å². The highest BCUT2D eigenvalue weighted by atomic mass is 16.3. The summed E-state index contributed by atoms with van der Waals surface area (Å²) in [5.41, 5.74) is 2.67. The van der Waals surface area contributed by atoms with Crippen LogP contribution in [0.4, 0.5) is 0 Å². The van der Waals surface area contributed by atoms with E-state index in [0.29, 0.717) is 12.5 Å². The maximum atomic E-state index is 10.3. The van der Waals surface area contributed by atoms with Crippen molar-refractivity contribution in [3.05, 3.63) is 35.4 Å². The minimum Gasteiger partial charge on any atom is -0.386 e. The van der Waals surface area contributed by atoms with E-state index in [4.69, 9.17) is 0 Å². The van der Waals surface area contributed by atoms with Crippen LogP contribution in [0.15, 0.2) is 18.3 Å². The van der Waals surface area contributed by atoms with Crippen LogP contribution in [-0.2, 0) is 13.5 Å². The first-order valence-corrected chi connectivity index (χ1v) is 7.27. The molecular formula is C15H24N4O. The molecule has 2 aromatic heterocycles. The van der Waals surface area contributed by atoms with Gasteiger partial charge in [0.05, 0.1) is 23.1 Å². The lowest BCUT2D eigenvalue weighted by molar-refractivity contribution is 0.167. The Hall–Kier alpha value is -1.62. The van der Waals surface area contributed by atoms with E-state index in [1.165, 1.54) is 0 Å². The molecule has 0 aliphatic carbocycles. The van der Waals surface area contributed by atoms with Gasteiger partial charge in [-0.15, -0.1) is 0 Å². The molecule has 0 saturated carbocycles. The van der Waals surface area contributed by atoms with Gasteiger partial charge in [-0.25, -0.2) is 0 Å². The van der Waals surface area contributed by atoms with Gasteiger partial charge in [-0.1, -0.05) is 13.8 Å². The predicted molar refractivity (Wildman–Crippen MR) is 78.5 cm³/mol. The number of nitrogens with zero attached hydrogens (tertiary/aromatic N) is 4. The zero-order valence-corrected chi connectivity index (χ0v) is 12.7. The molecule has 2 rings (SSSR count). The molecule has 1 atom stereocenters. The van der Waals surface area contributed by atoms with E-state index in [9.17, 15) is 5.11 Å². The molecule has 2 aromatic rings. The van der Waals surface area contributed by atoms with E-state index in [1.807, 2.05) is 37.0 Å². The minimum atomic E-state index is -0.564. The number of aromatic nitrogens is 4. The molecule has 110 valence electrons. The number of aliphatic hydroxyl groups excluding tert-OH is 1. The molecule has 0 aromatic carbocycles. The van der Waals surface area contributed by atoms with Crippen molar-refractivity contribution in [1.82, 2.24) is 19.6 Å². The first-order valence-electron chi connectivity index (χ1n) is 7.27. The summed E-state index contributed by atoms with van der Waals surface area (Å²) in [5, 5.41) is 19.2. The molecule has 2 heterocycles. The van der Waals surface area contributed by atoms with Crippen molar-refractivity contribution in [3.63, 3.8) is 0 Å². The molecular weight excluding hydrogens is 252 g/mol. The monoisotopic (exact) mass is 276 g/mol. The molecule has 0 radical (unpaired) electrons. The summed E-state index contributed by atoms with van der Waals surface area (Å²) in [4.78, 5) is 0. The molecule has 0 aliphatic rings. The average Bonchev–Trinajstić information content (AvgIpc) is 2.98. The van der Waals surface area contributed by atoms with Gasteiger partial charge in [-0.2, -0.15) is 10.2 Å². The van der Waals surface area contributed by atoms with Gasteiger partial charge in [0.1, 0.15) is 6.10 Å². The standard InChI is InChI=1S/C15H24N4O/c1-5-13(6-2)19-8-7-12(17-19)10-15(20)14-9-11(3)16-18(14)4/h7-9,13,15,20H,5-6,10H2,1-4H3. The lowest BCUT2D eigenvalue weighted by Gasteiger charge is -2.13. The van der Waals surface area contributed by atoms with Crippen molar-refractivity contribution in [3.8, 4) is 0 Å². The molecule has 20 heavy (non-hydrogen) atoms. The third-order valence-electron chi connectivity index (χ3n) is 3.76. The van der Waals surface area contributed by atoms with Gasteiger partial charge < -0.3 is 5.11 Å². The Morgan fingerprint density at radius 1 is 1.25 bits per heavy atom. The smallest absolute Gasteiger partial charge is 0.101 e. The van der Waals surface area contributed by atoms with Crippen molar-refractivity contribution in [1.29, 1.82) is 0 Å². The van der Waals surface area contributed by atoms with Gasteiger partial charge >= 0.3 is 0 Å². The predicted octanol–water partition coefficient (Wildman–Crippen LogP) is 2.56. The number of rotatable bonds is 6. The van der Waals surface area contributed by atoms with Crippen LogP contribution in [-0.4, -0.2) is 24.7 Å². The number of aryl methyl sites for hydroxylation is 2. The highest BCUT2D eigenvalue weighted by molar-refractivity contribution is 5.14. The van der Waals surface area contributed by atoms with E-state index in [-0.39, 0.29) is 0 Å². The van der Waals surface area contributed by atoms with Crippen LogP contribution in [0.25, 0.3) is 0 Å². The van der Waals surface area contributed by atoms with Crippen molar-refractivity contribution < 1.29 is 5.11 Å². The summed E-state index contributed by atoms with van der Waals surface area (Å²) in [6.07, 6.45) is 4.11. The Morgan fingerprint density at radius 3 is 2.50 bits per heavy atom. The minimum absolute atomic E-state index is 0.444. The summed E-state index contributed by atoms with van der Waals surface area (Å²) in [7, 11) is 1.86. The Balaban J connectivity index is 2.08. The Labute approximate surface area is 120 Å². The molecule has 5 heteroatoms. The summed E-state index contributed by atoms with van der Waals surface area (Å²) in [6.45, 7) is 6.27. The van der Waals surface area contributed by atoms with E-state index in [0.717, 1.165) is 29.9 Å². The van der Waals surface area contributed by atoms with E-state index in [1.54, 1.807) is 4.68 Å². The molecule has 0 bridgehead atoms. The van der Waals surface area contributed by atoms with Gasteiger partial charge in [-0.3, -0.25) is 9.36 Å². The van der Waals surface area contributed by atoms with Gasteiger partial charge in [-0.05, 0) is 31.9 Å². The number of hydrogen-bond acceptors (Lipinski definition) is 3. The topological polar surface area (TPSA) is 55.9 Å². The van der Waals surface area contributed by atoms with Gasteiger partial charge in [0, 0.05) is 19.7 Å². The second-order valence-electron chi connectivity index (χ2n) is 5.31. The fourth-order valence-electron chi connectivity index (χ4n) is 2.60. The first-order chi connectivity index (χ1) is 9.55. The number of hydrogen-bond donors (Lipinski definition) is 1. The summed E-state index contributed by atoms with van der Waals surface area (Å²) >= 11 is 0. The lowest BCUT2D eigenvalue weighted by Crippen LogP contribution is -2.10. The van der Waals surface area contributed by atoms with Crippen LogP contribution in [0.5, 0.6) is 0 Å². The van der Waals surface area contributed by atoms with Crippen molar-refractivity contribution >= 4 is 0 Å². The van der Waals surface area contributed by atoms with Crippen LogP contribution in [0.1, 0.15) is 55.9 Å². The third-order valence-corrected chi connectivity index (χ3v) is 3.76. The highest BCUT2D eigenvalue weighted by Gasteiger charge is 2.16. The Bertz CT molecular complexity index is 554. The molecule has 0 saturated heterocycles. The molecule has 0 spiro atoms. The third kappa shape index (κ3) is 3.10. The zero-order valence-electron chi connectivity index (χ0n) is 12.7. The first kappa shape index (κ1) is 14.8. The SMILES string of the molecule is CCC(CC)n1ccc(CC(O)c2cc(C)nn2C)n1. The highest BCUT2D eigenvalue weighted by Crippen LogP contribution is 2.20. The van der Waals surface area contributed by atoms with Crippen LogP contribution >= 0.6 is 0 Å². The van der Waals surface area contributed by atoms with Gasteiger partial charge in [0.15, 0.2) is 0 Å². The zero-order chi connectivity index (χ0) is 14.7. The molecule has 0 aliphatic heterocycles. The summed E-state index contributed by atoms with van der Waals surface area (Å²) in [5.74, 6) is 0. The Morgan fingerprint density at radius 2 is 1.95 bits per heavy atom. The normalized spacial score (nSPS) is 13.1. The Kier molecular flexibility index (Phi) is 4.60.